The van der Waals surface area contributed by atoms with Gasteiger partial charge in [-0.3, -0.25) is 14.9 Å². The van der Waals surface area contributed by atoms with E-state index in [-0.39, 0.29) is 30.1 Å². The lowest BCUT2D eigenvalue weighted by Gasteiger charge is -2.18. The first-order chi connectivity index (χ1) is 9.86. The number of hydrogen-bond donors (Lipinski definition) is 2. The molecule has 1 atom stereocenters. The van der Waals surface area contributed by atoms with Crippen LogP contribution in [0, 0.1) is 12.7 Å². The highest BCUT2D eigenvalue weighted by Gasteiger charge is 2.14. The van der Waals surface area contributed by atoms with Gasteiger partial charge in [0.1, 0.15) is 5.82 Å². The molecule has 1 unspecified atom stereocenters. The number of imide groups is 1. The van der Waals surface area contributed by atoms with Crippen LogP contribution in [-0.4, -0.2) is 18.4 Å². The second-order valence-electron chi connectivity index (χ2n) is 5.57. The molecular weight excluding hydrogens is 271 g/mol. The zero-order valence-corrected chi connectivity index (χ0v) is 13.0. The van der Waals surface area contributed by atoms with Crippen molar-refractivity contribution in [1.29, 1.82) is 0 Å². The van der Waals surface area contributed by atoms with Crippen molar-refractivity contribution in [2.24, 2.45) is 0 Å². The molecule has 0 fully saturated rings. The van der Waals surface area contributed by atoms with Gasteiger partial charge in [0.05, 0.1) is 5.69 Å². The van der Waals surface area contributed by atoms with E-state index >= 15 is 0 Å². The smallest absolute Gasteiger partial charge is 0.226 e. The van der Waals surface area contributed by atoms with Crippen LogP contribution in [0.3, 0.4) is 0 Å². The van der Waals surface area contributed by atoms with Crippen molar-refractivity contribution in [1.82, 2.24) is 5.32 Å². The average Bonchev–Trinajstić information content (AvgIpc) is 2.42. The molecule has 0 saturated heterocycles. The fraction of sp³-hybridized carbons (Fsp3) is 0.500. The molecule has 0 aliphatic rings. The molecular formula is C16H23FN2O2. The first-order valence-corrected chi connectivity index (χ1v) is 7.15. The second kappa shape index (κ2) is 7.76. The molecule has 0 heterocycles. The predicted octanol–water partition coefficient (Wildman–Crippen LogP) is 3.11. The van der Waals surface area contributed by atoms with E-state index in [1.807, 2.05) is 26.8 Å². The molecule has 1 aromatic carbocycles. The van der Waals surface area contributed by atoms with Crippen LogP contribution in [0.5, 0.6) is 0 Å². The summed E-state index contributed by atoms with van der Waals surface area (Å²) >= 11 is 0. The minimum Gasteiger partial charge on any atom is -0.380 e. The highest BCUT2D eigenvalue weighted by molar-refractivity contribution is 5.85. The summed E-state index contributed by atoms with van der Waals surface area (Å²) in [6, 6.07) is 3.60. The minimum atomic E-state index is -0.328. The highest BCUT2D eigenvalue weighted by Crippen LogP contribution is 2.27. The van der Waals surface area contributed by atoms with Gasteiger partial charge in [0.2, 0.25) is 12.3 Å². The summed E-state index contributed by atoms with van der Waals surface area (Å²) in [6.45, 7) is 7.71. The Morgan fingerprint density at radius 2 is 2.00 bits per heavy atom. The Labute approximate surface area is 125 Å². The molecule has 1 rings (SSSR count). The van der Waals surface area contributed by atoms with E-state index in [2.05, 4.69) is 10.6 Å². The van der Waals surface area contributed by atoms with Gasteiger partial charge < -0.3 is 5.32 Å². The number of amides is 2. The number of carbonyl (C=O) groups is 2. The van der Waals surface area contributed by atoms with Crippen molar-refractivity contribution in [3.8, 4) is 0 Å². The topological polar surface area (TPSA) is 58.2 Å². The molecule has 2 N–H and O–H groups in total. The summed E-state index contributed by atoms with van der Waals surface area (Å²) in [7, 11) is 0. The molecule has 2 amide bonds. The van der Waals surface area contributed by atoms with E-state index in [9.17, 15) is 14.0 Å². The number of hydrogen-bond acceptors (Lipinski definition) is 3. The molecule has 21 heavy (non-hydrogen) atoms. The molecule has 116 valence electrons. The Bertz CT molecular complexity index is 515. The van der Waals surface area contributed by atoms with Crippen LogP contribution in [0.2, 0.25) is 0 Å². The van der Waals surface area contributed by atoms with Crippen molar-refractivity contribution in [3.05, 3.63) is 29.1 Å². The number of halogens is 1. The van der Waals surface area contributed by atoms with E-state index in [1.165, 1.54) is 0 Å². The van der Waals surface area contributed by atoms with Gasteiger partial charge in [0.25, 0.3) is 0 Å². The Hall–Kier alpha value is -1.91. The summed E-state index contributed by atoms with van der Waals surface area (Å²) in [6.07, 6.45) is 1.11. The van der Waals surface area contributed by atoms with Crippen LogP contribution < -0.4 is 10.6 Å². The van der Waals surface area contributed by atoms with Crippen LogP contribution in [0.4, 0.5) is 10.1 Å². The van der Waals surface area contributed by atoms with Gasteiger partial charge in [-0.25, -0.2) is 4.39 Å². The first-order valence-electron chi connectivity index (χ1n) is 7.15. The largest absolute Gasteiger partial charge is 0.380 e. The maximum atomic E-state index is 14.3. The molecule has 4 nitrogen and oxygen atoms in total. The fourth-order valence-corrected chi connectivity index (χ4v) is 2.26. The predicted molar refractivity (Wildman–Crippen MR) is 81.8 cm³/mol. The lowest BCUT2D eigenvalue weighted by molar-refractivity contribution is -0.125. The van der Waals surface area contributed by atoms with Crippen LogP contribution in [-0.2, 0) is 9.59 Å². The Balaban J connectivity index is 2.68. The molecule has 0 aliphatic carbocycles. The SMILES string of the molecule is Cc1c(C(C)C)ccc(NC(C)CCC(=O)NC=O)c1F. The number of benzene rings is 1. The third-order valence-corrected chi connectivity index (χ3v) is 3.48. The van der Waals surface area contributed by atoms with Gasteiger partial charge >= 0.3 is 0 Å². The van der Waals surface area contributed by atoms with E-state index in [1.54, 1.807) is 13.0 Å². The number of rotatable bonds is 7. The summed E-state index contributed by atoms with van der Waals surface area (Å²) in [5, 5.41) is 5.16. The first kappa shape index (κ1) is 17.1. The van der Waals surface area contributed by atoms with Gasteiger partial charge in [-0.15, -0.1) is 0 Å². The summed E-state index contributed by atoms with van der Waals surface area (Å²) in [5.74, 6) is -0.297. The molecule has 5 heteroatoms. The van der Waals surface area contributed by atoms with Gasteiger partial charge in [-0.05, 0) is 43.4 Å². The van der Waals surface area contributed by atoms with E-state index < -0.39 is 0 Å². The van der Waals surface area contributed by atoms with Gasteiger partial charge in [0.15, 0.2) is 0 Å². The lowest BCUT2D eigenvalue weighted by Crippen LogP contribution is -2.24. The maximum Gasteiger partial charge on any atom is 0.226 e. The van der Waals surface area contributed by atoms with Gasteiger partial charge in [-0.1, -0.05) is 19.9 Å². The Morgan fingerprint density at radius 3 is 2.57 bits per heavy atom. The maximum absolute atomic E-state index is 14.3. The molecule has 0 aromatic heterocycles. The van der Waals surface area contributed by atoms with Crippen molar-refractivity contribution >= 4 is 18.0 Å². The van der Waals surface area contributed by atoms with Gasteiger partial charge in [0, 0.05) is 12.5 Å². The summed E-state index contributed by atoms with van der Waals surface area (Å²) in [5.41, 5.74) is 2.09. The normalized spacial score (nSPS) is 12.1. The third kappa shape index (κ3) is 4.85. The van der Waals surface area contributed by atoms with Crippen LogP contribution >= 0.6 is 0 Å². The lowest BCUT2D eigenvalue weighted by atomic mass is 9.97. The van der Waals surface area contributed by atoms with Gasteiger partial charge in [-0.2, -0.15) is 0 Å². The zero-order valence-electron chi connectivity index (χ0n) is 13.0. The Morgan fingerprint density at radius 1 is 1.33 bits per heavy atom. The van der Waals surface area contributed by atoms with E-state index in [4.69, 9.17) is 0 Å². The highest BCUT2D eigenvalue weighted by atomic mass is 19.1. The van der Waals surface area contributed by atoms with E-state index in [0.29, 0.717) is 24.1 Å². The summed E-state index contributed by atoms with van der Waals surface area (Å²) in [4.78, 5) is 21.3. The fourth-order valence-electron chi connectivity index (χ4n) is 2.26. The second-order valence-corrected chi connectivity index (χ2v) is 5.57. The Kier molecular flexibility index (Phi) is 6.34. The quantitative estimate of drug-likeness (QED) is 0.760. The molecule has 1 aromatic rings. The number of nitrogens with one attached hydrogen (secondary N) is 2. The average molecular weight is 294 g/mol. The third-order valence-electron chi connectivity index (χ3n) is 3.48. The van der Waals surface area contributed by atoms with E-state index in [0.717, 1.165) is 5.56 Å². The van der Waals surface area contributed by atoms with Crippen LogP contribution in [0.1, 0.15) is 50.7 Å². The molecule has 0 bridgehead atoms. The van der Waals surface area contributed by atoms with Crippen LogP contribution in [0.15, 0.2) is 12.1 Å². The number of anilines is 1. The summed E-state index contributed by atoms with van der Waals surface area (Å²) < 4.78 is 14.3. The van der Waals surface area contributed by atoms with Crippen LogP contribution in [0.25, 0.3) is 0 Å². The monoisotopic (exact) mass is 294 g/mol. The standard InChI is InChI=1S/C16H23FN2O2/c1-10(2)13-6-7-14(16(17)12(13)4)19-11(3)5-8-15(21)18-9-20/h6-7,9-11,19H,5,8H2,1-4H3,(H,18,20,21). The molecule has 0 aliphatic heterocycles. The van der Waals surface area contributed by atoms with Crippen molar-refractivity contribution < 1.29 is 14.0 Å². The van der Waals surface area contributed by atoms with Crippen molar-refractivity contribution in [2.75, 3.05) is 5.32 Å². The molecule has 0 radical (unpaired) electrons. The zero-order chi connectivity index (χ0) is 16.0. The minimum absolute atomic E-state index is 0.0683. The van der Waals surface area contributed by atoms with Crippen molar-refractivity contribution in [3.63, 3.8) is 0 Å². The number of carbonyl (C=O) groups excluding carboxylic acids is 2. The van der Waals surface area contributed by atoms with Crippen molar-refractivity contribution in [2.45, 2.75) is 52.5 Å². The molecule has 0 saturated carbocycles. The molecule has 0 spiro atoms.